The largest absolute Gasteiger partial charge is 0.566 e. The molecule has 0 aromatic heterocycles. The van der Waals surface area contributed by atoms with E-state index in [9.17, 15) is 14.3 Å². The van der Waals surface area contributed by atoms with Crippen LogP contribution in [0.25, 0.3) is 0 Å². The maximum atomic E-state index is 11.1. The van der Waals surface area contributed by atoms with Crippen molar-refractivity contribution in [2.75, 3.05) is 32.8 Å². The molecule has 0 bridgehead atoms. The normalized spacial score (nSPS) is 10.6. The summed E-state index contributed by atoms with van der Waals surface area (Å²) in [6.07, 6.45) is -0.612. The van der Waals surface area contributed by atoms with Crippen LogP contribution in [0, 0.1) is 0 Å². The molecule has 8 heteroatoms. The third-order valence-corrected chi connectivity index (χ3v) is 3.67. The lowest BCUT2D eigenvalue weighted by molar-refractivity contribution is -0.894. The van der Waals surface area contributed by atoms with Gasteiger partial charge in [0.05, 0.1) is 19.6 Å². The summed E-state index contributed by atoms with van der Waals surface area (Å²) in [5.41, 5.74) is 0.876. The molecule has 1 aromatic carbocycles. The Balaban J connectivity index is 0.000000640. The Kier molecular flexibility index (Phi) is 14.1. The van der Waals surface area contributed by atoms with Gasteiger partial charge in [0.25, 0.3) is 0 Å². The van der Waals surface area contributed by atoms with E-state index in [-0.39, 0.29) is 19.8 Å². The second kappa shape index (κ2) is 15.0. The minimum Gasteiger partial charge on any atom is -0.566 e. The van der Waals surface area contributed by atoms with Crippen LogP contribution in [-0.2, 0) is 20.4 Å². The molecule has 0 aliphatic rings. The fraction of sp³-hybridized carbons (Fsp3) is 0.562. The molecule has 1 amide bonds. The molecule has 0 aliphatic carbocycles. The zero-order chi connectivity index (χ0) is 18.2. The van der Waals surface area contributed by atoms with Gasteiger partial charge in [0.15, 0.2) is 0 Å². The Bertz CT molecular complexity index is 450. The molecule has 1 unspecified atom stereocenters. The quantitative estimate of drug-likeness (QED) is 0.504. The summed E-state index contributed by atoms with van der Waals surface area (Å²) >= 11 is 0. The molecule has 2 N–H and O–H groups in total. The summed E-state index contributed by atoms with van der Waals surface area (Å²) < 4.78 is 19.1. The van der Waals surface area contributed by atoms with Crippen molar-refractivity contribution in [1.82, 2.24) is 5.32 Å². The van der Waals surface area contributed by atoms with Crippen LogP contribution in [0.5, 0.6) is 0 Å². The number of benzene rings is 1. The SMILES string of the molecule is CC[NH+](CC)CC.O=C(NCCO[P+](=O)[O-])OCc1ccccc1. The van der Waals surface area contributed by atoms with Crippen molar-refractivity contribution in [2.24, 2.45) is 0 Å². The molecule has 7 nitrogen and oxygen atoms in total. The maximum Gasteiger partial charge on any atom is 0.488 e. The lowest BCUT2D eigenvalue weighted by atomic mass is 10.2. The Labute approximate surface area is 144 Å². The second-order valence-electron chi connectivity index (χ2n) is 4.86. The fourth-order valence-corrected chi connectivity index (χ4v) is 2.04. The van der Waals surface area contributed by atoms with E-state index < -0.39 is 14.3 Å². The van der Waals surface area contributed by atoms with Gasteiger partial charge in [-0.25, -0.2) is 4.79 Å². The van der Waals surface area contributed by atoms with Gasteiger partial charge in [-0.05, 0) is 30.9 Å². The zero-order valence-electron chi connectivity index (χ0n) is 14.6. The Morgan fingerprint density at radius 1 is 1.17 bits per heavy atom. The highest BCUT2D eigenvalue weighted by atomic mass is 31.1. The van der Waals surface area contributed by atoms with E-state index in [0.717, 1.165) is 5.56 Å². The number of amides is 1. The van der Waals surface area contributed by atoms with Gasteiger partial charge < -0.3 is 19.8 Å². The first-order chi connectivity index (χ1) is 11.5. The van der Waals surface area contributed by atoms with Gasteiger partial charge in [0.1, 0.15) is 13.2 Å². The Morgan fingerprint density at radius 2 is 1.75 bits per heavy atom. The van der Waals surface area contributed by atoms with Crippen molar-refractivity contribution in [3.63, 3.8) is 0 Å². The summed E-state index contributed by atoms with van der Waals surface area (Å²) in [6.45, 7) is 10.6. The number of carbonyl (C=O) groups is 1. The lowest BCUT2D eigenvalue weighted by Crippen LogP contribution is -3.11. The molecule has 0 fully saturated rings. The molecular weight excluding hydrogens is 331 g/mol. The van der Waals surface area contributed by atoms with Gasteiger partial charge in [-0.15, -0.1) is 4.52 Å². The predicted octanol–water partition coefficient (Wildman–Crippen LogP) is 0.878. The van der Waals surface area contributed by atoms with Crippen LogP contribution in [0.15, 0.2) is 30.3 Å². The molecule has 0 saturated carbocycles. The molecule has 0 heterocycles. The highest BCUT2D eigenvalue weighted by Gasteiger charge is 2.04. The zero-order valence-corrected chi connectivity index (χ0v) is 15.5. The van der Waals surface area contributed by atoms with Crippen molar-refractivity contribution in [1.29, 1.82) is 0 Å². The van der Waals surface area contributed by atoms with Crippen molar-refractivity contribution >= 4 is 14.3 Å². The minimum atomic E-state index is -2.87. The molecule has 1 aromatic rings. The van der Waals surface area contributed by atoms with Gasteiger partial charge in [-0.1, -0.05) is 30.3 Å². The summed E-state index contributed by atoms with van der Waals surface area (Å²) in [6, 6.07) is 9.21. The first-order valence-corrected chi connectivity index (χ1v) is 9.18. The standard InChI is InChI=1S/C10H12NO5P.C6H15N/c12-10(11-6-7-16-17(13)14)15-8-9-4-2-1-3-5-9;1-4-7(5-2)6-3/h1-5H,6-8H2,(H,11,12);4-6H2,1-3H3/p+1. The number of hydrogen-bond donors (Lipinski definition) is 2. The lowest BCUT2D eigenvalue weighted by Gasteiger charge is -2.10. The number of nitrogens with one attached hydrogen (secondary N) is 2. The maximum absolute atomic E-state index is 11.1. The molecular formula is C16H28N2O5P+. The Hall–Kier alpha value is -1.53. The average Bonchev–Trinajstić information content (AvgIpc) is 2.60. The molecule has 0 radical (unpaired) electrons. The van der Waals surface area contributed by atoms with E-state index in [1.165, 1.54) is 19.6 Å². The van der Waals surface area contributed by atoms with E-state index >= 15 is 0 Å². The summed E-state index contributed by atoms with van der Waals surface area (Å²) in [5.74, 6) is 0. The number of alkyl carbamates (subject to hydrolysis) is 1. The van der Waals surface area contributed by atoms with E-state index in [2.05, 4.69) is 30.6 Å². The van der Waals surface area contributed by atoms with E-state index in [0.29, 0.717) is 0 Å². The number of ether oxygens (including phenoxy) is 1. The van der Waals surface area contributed by atoms with Crippen molar-refractivity contribution in [3.05, 3.63) is 35.9 Å². The van der Waals surface area contributed by atoms with Gasteiger partial charge in [0, 0.05) is 6.54 Å². The highest BCUT2D eigenvalue weighted by molar-refractivity contribution is 7.30. The van der Waals surface area contributed by atoms with E-state index in [1.54, 1.807) is 4.90 Å². The van der Waals surface area contributed by atoms with Gasteiger partial charge in [0.2, 0.25) is 0 Å². The van der Waals surface area contributed by atoms with Crippen LogP contribution in [0.4, 0.5) is 4.79 Å². The summed E-state index contributed by atoms with van der Waals surface area (Å²) in [4.78, 5) is 22.8. The minimum absolute atomic E-state index is 0.0803. The second-order valence-corrected chi connectivity index (χ2v) is 5.56. The smallest absolute Gasteiger partial charge is 0.488 e. The third kappa shape index (κ3) is 13.0. The first-order valence-electron chi connectivity index (χ1n) is 8.08. The van der Waals surface area contributed by atoms with E-state index in [1.807, 2.05) is 30.3 Å². The Morgan fingerprint density at radius 3 is 2.21 bits per heavy atom. The monoisotopic (exact) mass is 359 g/mol. The molecule has 1 atom stereocenters. The van der Waals surface area contributed by atoms with Crippen LogP contribution < -0.4 is 15.1 Å². The summed E-state index contributed by atoms with van der Waals surface area (Å²) in [5, 5.41) is 2.35. The average molecular weight is 359 g/mol. The van der Waals surface area contributed by atoms with Gasteiger partial charge in [-0.2, -0.15) is 0 Å². The topological polar surface area (TPSA) is 92.1 Å². The van der Waals surface area contributed by atoms with Crippen LogP contribution in [-0.4, -0.2) is 38.9 Å². The third-order valence-electron chi connectivity index (χ3n) is 3.28. The fourth-order valence-electron chi connectivity index (χ4n) is 1.80. The van der Waals surface area contributed by atoms with Crippen LogP contribution >= 0.6 is 8.25 Å². The van der Waals surface area contributed by atoms with Crippen LogP contribution in [0.2, 0.25) is 0 Å². The van der Waals surface area contributed by atoms with E-state index in [4.69, 9.17) is 4.74 Å². The number of quaternary nitrogens is 1. The van der Waals surface area contributed by atoms with Crippen LogP contribution in [0.3, 0.4) is 0 Å². The van der Waals surface area contributed by atoms with Gasteiger partial charge >= 0.3 is 14.3 Å². The highest BCUT2D eigenvalue weighted by Crippen LogP contribution is 2.06. The predicted molar refractivity (Wildman–Crippen MR) is 90.8 cm³/mol. The number of hydrogen-bond acceptors (Lipinski definition) is 5. The molecule has 0 spiro atoms. The summed E-state index contributed by atoms with van der Waals surface area (Å²) in [7, 11) is -2.87. The molecule has 24 heavy (non-hydrogen) atoms. The number of carbonyl (C=O) groups excluding carboxylic acids is 1. The first kappa shape index (κ1) is 22.5. The molecule has 0 saturated heterocycles. The molecule has 1 rings (SSSR count). The molecule has 0 aliphatic heterocycles. The number of rotatable bonds is 9. The van der Waals surface area contributed by atoms with Crippen molar-refractivity contribution in [2.45, 2.75) is 27.4 Å². The van der Waals surface area contributed by atoms with Crippen molar-refractivity contribution in [3.8, 4) is 0 Å². The molecule has 136 valence electrons. The van der Waals surface area contributed by atoms with Gasteiger partial charge in [-0.3, -0.25) is 0 Å². The van der Waals surface area contributed by atoms with Crippen LogP contribution in [0.1, 0.15) is 26.3 Å². The van der Waals surface area contributed by atoms with Crippen molar-refractivity contribution < 1.29 is 28.4 Å².